The number of aliphatic hydroxyl groups excluding tert-OH is 1. The molecule has 2 rings (SSSR count). The number of piperidine rings is 1. The molecule has 0 aliphatic carbocycles. The van der Waals surface area contributed by atoms with Gasteiger partial charge in [-0.2, -0.15) is 0 Å². The maximum Gasteiger partial charge on any atom is 0.0916 e. The Labute approximate surface area is 129 Å². The van der Waals surface area contributed by atoms with Gasteiger partial charge in [-0.05, 0) is 37.4 Å². The molecule has 3 heteroatoms. The van der Waals surface area contributed by atoms with Crippen LogP contribution in [0.25, 0.3) is 0 Å². The Hall–Kier alpha value is -0.900. The summed E-state index contributed by atoms with van der Waals surface area (Å²) in [4.78, 5) is 2.43. The first-order valence-electron chi connectivity index (χ1n) is 8.43. The molecule has 1 aliphatic heterocycles. The van der Waals surface area contributed by atoms with E-state index < -0.39 is 0 Å². The molecule has 1 saturated heterocycles. The fourth-order valence-electron chi connectivity index (χ4n) is 3.31. The van der Waals surface area contributed by atoms with E-state index in [2.05, 4.69) is 24.1 Å². The summed E-state index contributed by atoms with van der Waals surface area (Å²) in [6, 6.07) is 10.7. The van der Waals surface area contributed by atoms with Gasteiger partial charge >= 0.3 is 0 Å². The number of hydrogen-bond donors (Lipinski definition) is 2. The van der Waals surface area contributed by atoms with Crippen LogP contribution >= 0.6 is 0 Å². The fourth-order valence-corrected chi connectivity index (χ4v) is 3.31. The molecule has 1 aromatic rings. The van der Waals surface area contributed by atoms with E-state index in [9.17, 15) is 5.11 Å². The number of β-amino-alcohol motifs (C(OH)–C–C–N with tert-alkyl or cyclic N) is 1. The molecule has 21 heavy (non-hydrogen) atoms. The van der Waals surface area contributed by atoms with Gasteiger partial charge in [-0.3, -0.25) is 0 Å². The van der Waals surface area contributed by atoms with Crippen LogP contribution < -0.4 is 5.32 Å². The van der Waals surface area contributed by atoms with Crippen molar-refractivity contribution in [3.05, 3.63) is 35.9 Å². The Bertz CT molecular complexity index is 395. The van der Waals surface area contributed by atoms with Gasteiger partial charge in [0.15, 0.2) is 0 Å². The van der Waals surface area contributed by atoms with Gasteiger partial charge in [0.1, 0.15) is 0 Å². The van der Waals surface area contributed by atoms with E-state index in [0.717, 1.165) is 31.7 Å². The number of hydrogen-bond acceptors (Lipinski definition) is 3. The van der Waals surface area contributed by atoms with E-state index in [4.69, 9.17) is 0 Å². The van der Waals surface area contributed by atoms with E-state index in [1.165, 1.54) is 19.3 Å². The minimum Gasteiger partial charge on any atom is -0.387 e. The predicted octanol–water partition coefficient (Wildman–Crippen LogP) is 2.82. The Balaban J connectivity index is 1.85. The van der Waals surface area contributed by atoms with Gasteiger partial charge < -0.3 is 15.3 Å². The number of benzene rings is 1. The van der Waals surface area contributed by atoms with Gasteiger partial charge in [-0.15, -0.1) is 0 Å². The normalized spacial score (nSPS) is 24.9. The van der Waals surface area contributed by atoms with Crippen LogP contribution in [0.15, 0.2) is 30.3 Å². The van der Waals surface area contributed by atoms with Crippen molar-refractivity contribution in [2.75, 3.05) is 26.2 Å². The number of aliphatic hydroxyl groups is 1. The van der Waals surface area contributed by atoms with Crippen molar-refractivity contribution in [3.8, 4) is 0 Å². The van der Waals surface area contributed by atoms with E-state index in [1.54, 1.807) is 0 Å². The number of rotatable bonds is 7. The van der Waals surface area contributed by atoms with Crippen molar-refractivity contribution in [1.29, 1.82) is 0 Å². The van der Waals surface area contributed by atoms with Crippen molar-refractivity contribution in [1.82, 2.24) is 10.2 Å². The molecule has 0 aromatic heterocycles. The summed E-state index contributed by atoms with van der Waals surface area (Å²) in [5, 5.41) is 14.1. The topological polar surface area (TPSA) is 35.5 Å². The standard InChI is InChI=1S/C18H30N2O/c1-3-11-19-17-10-12-20(13-15(17)4-2)14-18(21)16-8-6-5-7-9-16/h5-9,15,17-19,21H,3-4,10-14H2,1-2H3. The largest absolute Gasteiger partial charge is 0.387 e. The van der Waals surface area contributed by atoms with E-state index in [-0.39, 0.29) is 6.10 Å². The molecule has 3 unspecified atom stereocenters. The smallest absolute Gasteiger partial charge is 0.0916 e. The molecule has 0 radical (unpaired) electrons. The van der Waals surface area contributed by atoms with E-state index in [0.29, 0.717) is 12.0 Å². The third kappa shape index (κ3) is 4.80. The highest BCUT2D eigenvalue weighted by molar-refractivity contribution is 5.17. The second-order valence-corrected chi connectivity index (χ2v) is 6.20. The maximum atomic E-state index is 10.4. The van der Waals surface area contributed by atoms with Crippen LogP contribution in [0.4, 0.5) is 0 Å². The van der Waals surface area contributed by atoms with E-state index >= 15 is 0 Å². The quantitative estimate of drug-likeness (QED) is 0.810. The fraction of sp³-hybridized carbons (Fsp3) is 0.667. The molecule has 3 nitrogen and oxygen atoms in total. The van der Waals surface area contributed by atoms with Gasteiger partial charge in [0.2, 0.25) is 0 Å². The van der Waals surface area contributed by atoms with Crippen LogP contribution in [0.5, 0.6) is 0 Å². The third-order valence-corrected chi connectivity index (χ3v) is 4.61. The highest BCUT2D eigenvalue weighted by Crippen LogP contribution is 2.23. The lowest BCUT2D eigenvalue weighted by Crippen LogP contribution is -2.50. The monoisotopic (exact) mass is 290 g/mol. The second-order valence-electron chi connectivity index (χ2n) is 6.20. The Morgan fingerprint density at radius 3 is 2.71 bits per heavy atom. The highest BCUT2D eigenvalue weighted by atomic mass is 16.3. The zero-order valence-corrected chi connectivity index (χ0v) is 13.5. The molecule has 1 aromatic carbocycles. The molecule has 3 atom stereocenters. The van der Waals surface area contributed by atoms with Gasteiger partial charge in [-0.1, -0.05) is 50.6 Å². The Morgan fingerprint density at radius 1 is 1.29 bits per heavy atom. The van der Waals surface area contributed by atoms with Crippen molar-refractivity contribution in [2.24, 2.45) is 5.92 Å². The van der Waals surface area contributed by atoms with Crippen LogP contribution in [0.3, 0.4) is 0 Å². The zero-order chi connectivity index (χ0) is 15.1. The zero-order valence-electron chi connectivity index (χ0n) is 13.5. The van der Waals surface area contributed by atoms with Crippen molar-refractivity contribution in [2.45, 2.75) is 45.3 Å². The summed E-state index contributed by atoms with van der Waals surface area (Å²) >= 11 is 0. The van der Waals surface area contributed by atoms with Crippen LogP contribution in [0.2, 0.25) is 0 Å². The molecule has 1 aliphatic rings. The molecule has 0 bridgehead atoms. The average Bonchev–Trinajstić information content (AvgIpc) is 2.54. The molecular weight excluding hydrogens is 260 g/mol. The van der Waals surface area contributed by atoms with Crippen LogP contribution in [0.1, 0.15) is 44.8 Å². The molecule has 0 spiro atoms. The minimum absolute atomic E-state index is 0.371. The molecule has 118 valence electrons. The molecule has 2 N–H and O–H groups in total. The lowest BCUT2D eigenvalue weighted by atomic mass is 9.89. The number of likely N-dealkylation sites (tertiary alicyclic amines) is 1. The molecule has 0 amide bonds. The van der Waals surface area contributed by atoms with Gasteiger partial charge in [0.25, 0.3) is 0 Å². The summed E-state index contributed by atoms with van der Waals surface area (Å²) in [5.74, 6) is 0.702. The van der Waals surface area contributed by atoms with Crippen LogP contribution in [-0.2, 0) is 0 Å². The van der Waals surface area contributed by atoms with Crippen molar-refractivity contribution < 1.29 is 5.11 Å². The summed E-state index contributed by atoms with van der Waals surface area (Å²) in [6.45, 7) is 8.56. The van der Waals surface area contributed by atoms with Crippen LogP contribution in [-0.4, -0.2) is 42.2 Å². The lowest BCUT2D eigenvalue weighted by molar-refractivity contribution is 0.0701. The molecule has 1 heterocycles. The van der Waals surface area contributed by atoms with Crippen LogP contribution in [0, 0.1) is 5.92 Å². The molecule has 0 saturated carbocycles. The third-order valence-electron chi connectivity index (χ3n) is 4.61. The molecule has 1 fully saturated rings. The molecular formula is C18H30N2O. The second kappa shape index (κ2) is 8.52. The average molecular weight is 290 g/mol. The van der Waals surface area contributed by atoms with Crippen molar-refractivity contribution in [3.63, 3.8) is 0 Å². The lowest BCUT2D eigenvalue weighted by Gasteiger charge is -2.39. The predicted molar refractivity (Wildman–Crippen MR) is 88.3 cm³/mol. The Morgan fingerprint density at radius 2 is 2.05 bits per heavy atom. The minimum atomic E-state index is -0.371. The highest BCUT2D eigenvalue weighted by Gasteiger charge is 2.28. The summed E-state index contributed by atoms with van der Waals surface area (Å²) < 4.78 is 0. The summed E-state index contributed by atoms with van der Waals surface area (Å²) in [5.41, 5.74) is 1.02. The Kier molecular flexibility index (Phi) is 6.68. The van der Waals surface area contributed by atoms with Gasteiger partial charge in [0, 0.05) is 19.1 Å². The van der Waals surface area contributed by atoms with Gasteiger partial charge in [-0.25, -0.2) is 0 Å². The first-order chi connectivity index (χ1) is 10.2. The number of nitrogens with one attached hydrogen (secondary N) is 1. The number of nitrogens with zero attached hydrogens (tertiary/aromatic N) is 1. The SMILES string of the molecule is CCCNC1CCN(CC(O)c2ccccc2)CC1CC. The van der Waals surface area contributed by atoms with Crippen molar-refractivity contribution >= 4 is 0 Å². The van der Waals surface area contributed by atoms with Gasteiger partial charge in [0.05, 0.1) is 6.10 Å². The first kappa shape index (κ1) is 16.5. The van der Waals surface area contributed by atoms with E-state index in [1.807, 2.05) is 30.3 Å². The summed E-state index contributed by atoms with van der Waals surface area (Å²) in [6.07, 6.45) is 3.23. The maximum absolute atomic E-state index is 10.4. The first-order valence-corrected chi connectivity index (χ1v) is 8.43. The summed E-state index contributed by atoms with van der Waals surface area (Å²) in [7, 11) is 0.